The Labute approximate surface area is 173 Å². The van der Waals surface area contributed by atoms with Crippen LogP contribution in [0.1, 0.15) is 12.5 Å². The van der Waals surface area contributed by atoms with Gasteiger partial charge in [0.05, 0.1) is 5.75 Å². The number of thioether (sulfide) groups is 1. The van der Waals surface area contributed by atoms with Crippen LogP contribution in [0.2, 0.25) is 5.02 Å². The fourth-order valence-corrected chi connectivity index (χ4v) is 3.49. The van der Waals surface area contributed by atoms with Crippen LogP contribution in [0.25, 0.3) is 11.4 Å². The molecule has 3 rings (SSSR count). The maximum Gasteiger partial charge on any atom is 0.234 e. The molecule has 144 valence electrons. The summed E-state index contributed by atoms with van der Waals surface area (Å²) in [5.74, 6) is 0.793. The highest BCUT2D eigenvalue weighted by molar-refractivity contribution is 7.99. The summed E-state index contributed by atoms with van der Waals surface area (Å²) in [5.41, 5.74) is 3.43. The van der Waals surface area contributed by atoms with Crippen LogP contribution in [0, 0.1) is 6.92 Å². The summed E-state index contributed by atoms with van der Waals surface area (Å²) >= 11 is 7.44. The van der Waals surface area contributed by atoms with Gasteiger partial charge in [-0.1, -0.05) is 41.6 Å². The summed E-state index contributed by atoms with van der Waals surface area (Å²) in [6.45, 7) is 8.37. The molecule has 2 heterocycles. The number of anilines is 1. The molecule has 0 fully saturated rings. The van der Waals surface area contributed by atoms with Crippen molar-refractivity contribution in [3.8, 4) is 11.4 Å². The number of amides is 1. The highest BCUT2D eigenvalue weighted by Gasteiger charge is 2.16. The summed E-state index contributed by atoms with van der Waals surface area (Å²) < 4.78 is 1.96. The summed E-state index contributed by atoms with van der Waals surface area (Å²) in [5, 5.41) is 12.7. The first-order valence-electron chi connectivity index (χ1n) is 8.61. The lowest BCUT2D eigenvalue weighted by Gasteiger charge is -2.11. The maximum atomic E-state index is 12.4. The van der Waals surface area contributed by atoms with Crippen molar-refractivity contribution < 1.29 is 4.79 Å². The molecule has 6 nitrogen and oxygen atoms in total. The highest BCUT2D eigenvalue weighted by atomic mass is 35.5. The largest absolute Gasteiger partial charge is 0.325 e. The van der Waals surface area contributed by atoms with Crippen LogP contribution in [-0.2, 0) is 11.3 Å². The van der Waals surface area contributed by atoms with E-state index in [0.717, 1.165) is 22.5 Å². The molecule has 0 saturated heterocycles. The molecule has 8 heteroatoms. The topological polar surface area (TPSA) is 72.7 Å². The lowest BCUT2D eigenvalue weighted by atomic mass is 10.2. The second-order valence-electron chi connectivity index (χ2n) is 6.33. The molecule has 0 radical (unpaired) electrons. The summed E-state index contributed by atoms with van der Waals surface area (Å²) in [6, 6.07) is 9.18. The van der Waals surface area contributed by atoms with Crippen LogP contribution >= 0.6 is 23.4 Å². The molecule has 1 N–H and O–H groups in total. The lowest BCUT2D eigenvalue weighted by molar-refractivity contribution is -0.113. The first kappa shape index (κ1) is 20.1. The Hall–Kier alpha value is -2.64. The molecular formula is C20H20ClN5OS. The van der Waals surface area contributed by atoms with E-state index in [1.807, 2.05) is 42.7 Å². The predicted molar refractivity (Wildman–Crippen MR) is 114 cm³/mol. The van der Waals surface area contributed by atoms with Gasteiger partial charge in [0.25, 0.3) is 0 Å². The van der Waals surface area contributed by atoms with Crippen molar-refractivity contribution in [2.45, 2.75) is 25.5 Å². The van der Waals surface area contributed by atoms with Crippen LogP contribution in [0.4, 0.5) is 5.69 Å². The SMILES string of the molecule is C=C(C)Cn1c(SCC(=O)Nc2cccc(Cl)c2C)nnc1-c1ccncc1. The van der Waals surface area contributed by atoms with Gasteiger partial charge < -0.3 is 5.32 Å². The van der Waals surface area contributed by atoms with Crippen molar-refractivity contribution in [3.63, 3.8) is 0 Å². The second-order valence-corrected chi connectivity index (χ2v) is 7.68. The normalized spacial score (nSPS) is 10.7. The minimum atomic E-state index is -0.134. The summed E-state index contributed by atoms with van der Waals surface area (Å²) in [7, 11) is 0. The van der Waals surface area contributed by atoms with E-state index in [4.69, 9.17) is 11.6 Å². The quantitative estimate of drug-likeness (QED) is 0.452. The molecule has 0 spiro atoms. The smallest absolute Gasteiger partial charge is 0.234 e. The van der Waals surface area contributed by atoms with Gasteiger partial charge in [-0.2, -0.15) is 0 Å². The first-order chi connectivity index (χ1) is 13.5. The number of allylic oxidation sites excluding steroid dienone is 1. The average molecular weight is 414 g/mol. The Morgan fingerprint density at radius 2 is 2.00 bits per heavy atom. The molecule has 0 aliphatic heterocycles. The van der Waals surface area contributed by atoms with E-state index in [1.165, 1.54) is 11.8 Å². The van der Waals surface area contributed by atoms with Gasteiger partial charge in [0.2, 0.25) is 5.91 Å². The van der Waals surface area contributed by atoms with Gasteiger partial charge >= 0.3 is 0 Å². The molecule has 3 aromatic rings. The highest BCUT2D eigenvalue weighted by Crippen LogP contribution is 2.26. The average Bonchev–Trinajstić information content (AvgIpc) is 3.06. The molecule has 0 unspecified atom stereocenters. The van der Waals surface area contributed by atoms with Gasteiger partial charge in [0, 0.05) is 35.2 Å². The number of hydrogen-bond acceptors (Lipinski definition) is 5. The zero-order valence-electron chi connectivity index (χ0n) is 15.6. The van der Waals surface area contributed by atoms with E-state index >= 15 is 0 Å². The minimum Gasteiger partial charge on any atom is -0.325 e. The Kier molecular flexibility index (Phi) is 6.49. The monoisotopic (exact) mass is 413 g/mol. The third-order valence-corrected chi connectivity index (χ3v) is 5.33. The van der Waals surface area contributed by atoms with Gasteiger partial charge in [-0.25, -0.2) is 0 Å². The second kappa shape index (κ2) is 9.03. The number of halogens is 1. The van der Waals surface area contributed by atoms with Crippen molar-refractivity contribution in [1.82, 2.24) is 19.7 Å². The zero-order valence-corrected chi connectivity index (χ0v) is 17.2. The first-order valence-corrected chi connectivity index (χ1v) is 9.98. The molecule has 1 aromatic carbocycles. The third kappa shape index (κ3) is 4.79. The zero-order chi connectivity index (χ0) is 20.1. The van der Waals surface area contributed by atoms with Crippen molar-refractivity contribution >= 4 is 35.0 Å². The van der Waals surface area contributed by atoms with Gasteiger partial charge in [0.15, 0.2) is 11.0 Å². The number of nitrogens with zero attached hydrogens (tertiary/aromatic N) is 4. The number of carbonyl (C=O) groups is 1. The molecule has 28 heavy (non-hydrogen) atoms. The van der Waals surface area contributed by atoms with E-state index < -0.39 is 0 Å². The standard InChI is InChI=1S/C20H20ClN5OS/c1-13(2)11-26-19(15-7-9-22-10-8-15)24-25-20(26)28-12-18(27)23-17-6-4-5-16(21)14(17)3/h4-10H,1,11-12H2,2-3H3,(H,23,27). The van der Waals surface area contributed by atoms with E-state index in [-0.39, 0.29) is 11.7 Å². The number of nitrogens with one attached hydrogen (secondary N) is 1. The number of pyridine rings is 1. The van der Waals surface area contributed by atoms with Crippen LogP contribution in [0.5, 0.6) is 0 Å². The van der Waals surface area contributed by atoms with Gasteiger partial charge in [-0.15, -0.1) is 10.2 Å². The van der Waals surface area contributed by atoms with Crippen LogP contribution in [-0.4, -0.2) is 31.4 Å². The number of hydrogen-bond donors (Lipinski definition) is 1. The molecule has 2 aromatic heterocycles. The molecule has 0 aliphatic carbocycles. The lowest BCUT2D eigenvalue weighted by Crippen LogP contribution is -2.15. The number of aromatic nitrogens is 4. The Bertz CT molecular complexity index is 1000. The fourth-order valence-electron chi connectivity index (χ4n) is 2.58. The Morgan fingerprint density at radius 3 is 2.71 bits per heavy atom. The molecule has 0 atom stereocenters. The predicted octanol–water partition coefficient (Wildman–Crippen LogP) is 4.61. The van der Waals surface area contributed by atoms with Crippen LogP contribution < -0.4 is 5.32 Å². The summed E-state index contributed by atoms with van der Waals surface area (Å²) in [4.78, 5) is 16.4. The van der Waals surface area contributed by atoms with E-state index in [9.17, 15) is 4.79 Å². The number of carbonyl (C=O) groups excluding carboxylic acids is 1. The molecule has 0 bridgehead atoms. The van der Waals surface area contributed by atoms with Crippen molar-refractivity contribution in [1.29, 1.82) is 0 Å². The van der Waals surface area contributed by atoms with Gasteiger partial charge in [-0.05, 0) is 43.7 Å². The number of rotatable bonds is 7. The van der Waals surface area contributed by atoms with Crippen molar-refractivity contribution in [2.75, 3.05) is 11.1 Å². The van der Waals surface area contributed by atoms with E-state index in [0.29, 0.717) is 22.4 Å². The van der Waals surface area contributed by atoms with Crippen molar-refractivity contribution in [3.05, 3.63) is 65.5 Å². The number of benzene rings is 1. The maximum absolute atomic E-state index is 12.4. The van der Waals surface area contributed by atoms with Crippen LogP contribution in [0.15, 0.2) is 60.0 Å². The molecule has 0 aliphatic rings. The fraction of sp³-hybridized carbons (Fsp3) is 0.200. The van der Waals surface area contributed by atoms with Crippen LogP contribution in [0.3, 0.4) is 0 Å². The minimum absolute atomic E-state index is 0.134. The van der Waals surface area contributed by atoms with E-state index in [2.05, 4.69) is 27.1 Å². The third-order valence-electron chi connectivity index (χ3n) is 3.96. The van der Waals surface area contributed by atoms with Gasteiger partial charge in [-0.3, -0.25) is 14.3 Å². The molecule has 0 saturated carbocycles. The Balaban J connectivity index is 1.75. The van der Waals surface area contributed by atoms with E-state index in [1.54, 1.807) is 18.5 Å². The molecule has 1 amide bonds. The summed E-state index contributed by atoms with van der Waals surface area (Å²) in [6.07, 6.45) is 3.42. The molecular weight excluding hydrogens is 394 g/mol. The van der Waals surface area contributed by atoms with Crippen molar-refractivity contribution in [2.24, 2.45) is 0 Å². The Morgan fingerprint density at radius 1 is 1.25 bits per heavy atom. The van der Waals surface area contributed by atoms with Gasteiger partial charge in [0.1, 0.15) is 0 Å².